The Labute approximate surface area is 97.6 Å². The lowest BCUT2D eigenvalue weighted by atomic mass is 10.2. The number of rotatable bonds is 1. The molecule has 5 N–H and O–H groups in total. The number of hydrogen-bond donors (Lipinski definition) is 3. The summed E-state index contributed by atoms with van der Waals surface area (Å²) in [5, 5.41) is 0. The maximum Gasteiger partial charge on any atom is 0.418 e. The Balaban J connectivity index is 3.29. The second-order valence-corrected chi connectivity index (χ2v) is 3.72. The molecular formula is C8H8BrF3N4. The van der Waals surface area contributed by atoms with E-state index in [0.29, 0.717) is 4.47 Å². The Morgan fingerprint density at radius 1 is 1.38 bits per heavy atom. The highest BCUT2D eigenvalue weighted by Crippen LogP contribution is 2.37. The lowest BCUT2D eigenvalue weighted by molar-refractivity contribution is -0.137. The minimum absolute atomic E-state index is 0.298. The molecular weight excluding hydrogens is 289 g/mol. The number of nitrogens with one attached hydrogen (secondary N) is 1. The van der Waals surface area contributed by atoms with E-state index >= 15 is 0 Å². The van der Waals surface area contributed by atoms with Crippen LogP contribution in [0.15, 0.2) is 27.7 Å². The molecule has 88 valence electrons. The van der Waals surface area contributed by atoms with Crippen molar-refractivity contribution in [1.82, 2.24) is 5.43 Å². The normalized spacial score (nSPS) is 12.7. The Hall–Kier alpha value is -1.28. The molecule has 4 nitrogen and oxygen atoms in total. The highest BCUT2D eigenvalue weighted by atomic mass is 79.9. The topological polar surface area (TPSA) is 76.4 Å². The number of guanidine groups is 1. The average Bonchev–Trinajstić information content (AvgIpc) is 2.19. The second kappa shape index (κ2) is 4.71. The third kappa shape index (κ3) is 3.11. The van der Waals surface area contributed by atoms with E-state index in [-0.39, 0.29) is 11.6 Å². The Bertz CT molecular complexity index is 416. The van der Waals surface area contributed by atoms with Crippen molar-refractivity contribution in [2.75, 3.05) is 0 Å². The zero-order valence-electron chi connectivity index (χ0n) is 7.85. The van der Waals surface area contributed by atoms with Crippen LogP contribution in [-0.2, 0) is 6.18 Å². The molecule has 0 fully saturated rings. The van der Waals surface area contributed by atoms with Crippen molar-refractivity contribution < 1.29 is 13.2 Å². The average molecular weight is 297 g/mol. The molecule has 0 amide bonds. The van der Waals surface area contributed by atoms with E-state index in [0.717, 1.165) is 6.07 Å². The molecule has 0 atom stereocenters. The van der Waals surface area contributed by atoms with Crippen LogP contribution < -0.4 is 17.0 Å². The first-order valence-corrected chi connectivity index (χ1v) is 4.81. The standard InChI is InChI=1S/C8H8BrF3N4/c9-4-1-2-6(15-7(13)16-14)5(3-4)8(10,11)12/h1-3H,14H2,(H3,13,15,16). The van der Waals surface area contributed by atoms with Crippen molar-refractivity contribution in [2.24, 2.45) is 16.6 Å². The van der Waals surface area contributed by atoms with Gasteiger partial charge in [0.1, 0.15) is 0 Å². The van der Waals surface area contributed by atoms with E-state index in [1.807, 2.05) is 5.43 Å². The molecule has 0 aromatic heterocycles. The van der Waals surface area contributed by atoms with Crippen molar-refractivity contribution in [3.05, 3.63) is 28.2 Å². The van der Waals surface area contributed by atoms with Crippen LogP contribution in [0.25, 0.3) is 0 Å². The molecule has 0 aliphatic rings. The summed E-state index contributed by atoms with van der Waals surface area (Å²) < 4.78 is 38.1. The molecule has 0 heterocycles. The van der Waals surface area contributed by atoms with Crippen LogP contribution in [0, 0.1) is 0 Å². The number of nitrogens with two attached hydrogens (primary N) is 2. The number of aliphatic imine (C=N–C) groups is 1. The summed E-state index contributed by atoms with van der Waals surface area (Å²) in [5.41, 5.74) is 5.96. The largest absolute Gasteiger partial charge is 0.418 e. The maximum atomic E-state index is 12.6. The van der Waals surface area contributed by atoms with Crippen molar-refractivity contribution in [3.63, 3.8) is 0 Å². The van der Waals surface area contributed by atoms with Crippen LogP contribution in [0.2, 0.25) is 0 Å². The number of hydrazine groups is 1. The first kappa shape index (κ1) is 12.8. The molecule has 0 unspecified atom stereocenters. The van der Waals surface area contributed by atoms with Crippen molar-refractivity contribution >= 4 is 27.6 Å². The molecule has 0 spiro atoms. The molecule has 0 aliphatic carbocycles. The predicted octanol–water partition coefficient (Wildman–Crippen LogP) is 1.88. The lowest BCUT2D eigenvalue weighted by Crippen LogP contribution is -2.36. The Kier molecular flexibility index (Phi) is 3.76. The third-order valence-corrected chi connectivity index (χ3v) is 2.15. The van der Waals surface area contributed by atoms with E-state index in [9.17, 15) is 13.2 Å². The number of nitrogens with zero attached hydrogens (tertiary/aromatic N) is 1. The summed E-state index contributed by atoms with van der Waals surface area (Å²) in [6.45, 7) is 0. The molecule has 8 heteroatoms. The number of hydrogen-bond acceptors (Lipinski definition) is 2. The van der Waals surface area contributed by atoms with Gasteiger partial charge in [-0.05, 0) is 18.2 Å². The molecule has 1 rings (SSSR count). The summed E-state index contributed by atoms with van der Waals surface area (Å²) >= 11 is 2.95. The van der Waals surface area contributed by atoms with Crippen LogP contribution in [-0.4, -0.2) is 5.96 Å². The van der Waals surface area contributed by atoms with E-state index in [4.69, 9.17) is 11.6 Å². The van der Waals surface area contributed by atoms with Gasteiger partial charge in [0.15, 0.2) is 0 Å². The van der Waals surface area contributed by atoms with E-state index < -0.39 is 11.7 Å². The van der Waals surface area contributed by atoms with Gasteiger partial charge in [-0.3, -0.25) is 5.43 Å². The van der Waals surface area contributed by atoms with Gasteiger partial charge in [0, 0.05) is 4.47 Å². The highest BCUT2D eigenvalue weighted by Gasteiger charge is 2.33. The minimum Gasteiger partial charge on any atom is -0.369 e. The molecule has 0 saturated heterocycles. The maximum absolute atomic E-state index is 12.6. The quantitative estimate of drug-likeness (QED) is 0.320. The third-order valence-electron chi connectivity index (χ3n) is 1.65. The fourth-order valence-corrected chi connectivity index (χ4v) is 1.36. The van der Waals surface area contributed by atoms with Crippen LogP contribution >= 0.6 is 15.9 Å². The molecule has 0 aliphatic heterocycles. The van der Waals surface area contributed by atoms with Crippen LogP contribution in [0.3, 0.4) is 0 Å². The second-order valence-electron chi connectivity index (χ2n) is 2.80. The molecule has 1 aromatic rings. The van der Waals surface area contributed by atoms with Gasteiger partial charge in [-0.15, -0.1) is 0 Å². The first-order chi connectivity index (χ1) is 7.34. The SMILES string of the molecule is NNC(N)=Nc1ccc(Br)cc1C(F)(F)F. The zero-order valence-corrected chi connectivity index (χ0v) is 9.43. The van der Waals surface area contributed by atoms with Gasteiger partial charge >= 0.3 is 6.18 Å². The molecule has 1 aromatic carbocycles. The van der Waals surface area contributed by atoms with Crippen molar-refractivity contribution in [2.45, 2.75) is 6.18 Å². The summed E-state index contributed by atoms with van der Waals surface area (Å²) in [5.74, 6) is 4.61. The van der Waals surface area contributed by atoms with Gasteiger partial charge in [-0.2, -0.15) is 13.2 Å². The van der Waals surface area contributed by atoms with Crippen LogP contribution in [0.5, 0.6) is 0 Å². The summed E-state index contributed by atoms with van der Waals surface area (Å²) in [6, 6.07) is 3.54. The van der Waals surface area contributed by atoms with Gasteiger partial charge in [-0.25, -0.2) is 10.8 Å². The smallest absolute Gasteiger partial charge is 0.369 e. The fraction of sp³-hybridized carbons (Fsp3) is 0.125. The van der Waals surface area contributed by atoms with Gasteiger partial charge in [0.2, 0.25) is 5.96 Å². The van der Waals surface area contributed by atoms with Crippen molar-refractivity contribution in [1.29, 1.82) is 0 Å². The number of alkyl halides is 3. The molecule has 0 radical (unpaired) electrons. The first-order valence-electron chi connectivity index (χ1n) is 4.02. The monoisotopic (exact) mass is 296 g/mol. The van der Waals surface area contributed by atoms with Crippen LogP contribution in [0.1, 0.15) is 5.56 Å². The van der Waals surface area contributed by atoms with E-state index in [1.54, 1.807) is 0 Å². The number of benzene rings is 1. The summed E-state index contributed by atoms with van der Waals surface area (Å²) in [7, 11) is 0. The Morgan fingerprint density at radius 3 is 2.50 bits per heavy atom. The van der Waals surface area contributed by atoms with Gasteiger partial charge in [-0.1, -0.05) is 15.9 Å². The lowest BCUT2D eigenvalue weighted by Gasteiger charge is -2.10. The predicted molar refractivity (Wildman–Crippen MR) is 57.7 cm³/mol. The summed E-state index contributed by atoms with van der Waals surface area (Å²) in [6.07, 6.45) is -4.50. The van der Waals surface area contributed by atoms with E-state index in [2.05, 4.69) is 20.9 Å². The zero-order chi connectivity index (χ0) is 12.3. The van der Waals surface area contributed by atoms with E-state index in [1.165, 1.54) is 12.1 Å². The minimum atomic E-state index is -4.50. The van der Waals surface area contributed by atoms with Crippen LogP contribution in [0.4, 0.5) is 18.9 Å². The van der Waals surface area contributed by atoms with Crippen molar-refractivity contribution in [3.8, 4) is 0 Å². The number of halogens is 4. The highest BCUT2D eigenvalue weighted by molar-refractivity contribution is 9.10. The van der Waals surface area contributed by atoms with Gasteiger partial charge in [0.25, 0.3) is 0 Å². The molecule has 0 bridgehead atoms. The Morgan fingerprint density at radius 2 is 2.00 bits per heavy atom. The van der Waals surface area contributed by atoms with Gasteiger partial charge < -0.3 is 5.73 Å². The van der Waals surface area contributed by atoms with Gasteiger partial charge in [0.05, 0.1) is 11.3 Å². The summed E-state index contributed by atoms with van der Waals surface area (Å²) in [4.78, 5) is 3.50. The molecule has 0 saturated carbocycles. The molecule has 16 heavy (non-hydrogen) atoms. The fourth-order valence-electron chi connectivity index (χ4n) is 0.995.